The van der Waals surface area contributed by atoms with E-state index in [0.29, 0.717) is 13.2 Å². The van der Waals surface area contributed by atoms with Crippen molar-refractivity contribution >= 4 is 23.5 Å². The molecule has 2 atom stereocenters. The molecule has 0 aromatic heterocycles. The van der Waals surface area contributed by atoms with Crippen LogP contribution in [-0.2, 0) is 14.2 Å². The summed E-state index contributed by atoms with van der Waals surface area (Å²) in [5, 5.41) is 0. The minimum absolute atomic E-state index is 0.120. The zero-order valence-corrected chi connectivity index (χ0v) is 21.6. The second-order valence-corrected chi connectivity index (χ2v) is 14.3. The van der Waals surface area contributed by atoms with Crippen molar-refractivity contribution in [1.29, 1.82) is 0 Å². The standard InChI is InChI=1S/C24H46O3S2/c1-7-9-11-13-15-21(3,4)28-23(19-26-23)17-25-18-24(20-27-24)29-22(5,6)16-14-12-10-8-2/h7-20H2,1-6H3. The molecule has 29 heavy (non-hydrogen) atoms. The van der Waals surface area contributed by atoms with E-state index in [0.717, 1.165) is 13.2 Å². The highest BCUT2D eigenvalue weighted by atomic mass is 32.2. The lowest BCUT2D eigenvalue weighted by atomic mass is 10.0. The number of hydrogen-bond acceptors (Lipinski definition) is 5. The quantitative estimate of drug-likeness (QED) is 0.162. The van der Waals surface area contributed by atoms with Gasteiger partial charge in [-0.15, -0.1) is 23.5 Å². The Bertz CT molecular complexity index is 429. The largest absolute Gasteiger partial charge is 0.373 e. The second kappa shape index (κ2) is 11.4. The number of unbranched alkanes of at least 4 members (excludes halogenated alkanes) is 6. The lowest BCUT2D eigenvalue weighted by Gasteiger charge is -2.29. The summed E-state index contributed by atoms with van der Waals surface area (Å²) in [5.74, 6) is 0. The van der Waals surface area contributed by atoms with Crippen molar-refractivity contribution < 1.29 is 14.2 Å². The van der Waals surface area contributed by atoms with E-state index >= 15 is 0 Å². The third-order valence-corrected chi connectivity index (χ3v) is 8.73. The Morgan fingerprint density at radius 2 is 1.07 bits per heavy atom. The van der Waals surface area contributed by atoms with Crippen LogP contribution < -0.4 is 0 Å². The average Bonchev–Trinajstić information content (AvgIpc) is 3.55. The van der Waals surface area contributed by atoms with E-state index in [4.69, 9.17) is 14.2 Å². The number of epoxide rings is 2. The molecule has 2 heterocycles. The molecule has 2 saturated heterocycles. The predicted molar refractivity (Wildman–Crippen MR) is 129 cm³/mol. The van der Waals surface area contributed by atoms with Crippen molar-refractivity contribution in [1.82, 2.24) is 0 Å². The van der Waals surface area contributed by atoms with E-state index in [2.05, 4.69) is 41.5 Å². The maximum Gasteiger partial charge on any atom is 0.160 e. The highest BCUT2D eigenvalue weighted by molar-refractivity contribution is 8.02. The van der Waals surface area contributed by atoms with Gasteiger partial charge in [0.25, 0.3) is 0 Å². The summed E-state index contributed by atoms with van der Waals surface area (Å²) in [6, 6.07) is 0. The molecule has 3 nitrogen and oxygen atoms in total. The molecule has 0 bridgehead atoms. The van der Waals surface area contributed by atoms with Gasteiger partial charge < -0.3 is 14.2 Å². The number of thioether (sulfide) groups is 2. The Hall–Kier alpha value is 0.580. The highest BCUT2D eigenvalue weighted by Gasteiger charge is 2.53. The molecule has 2 aliphatic rings. The Labute approximate surface area is 189 Å². The summed E-state index contributed by atoms with van der Waals surface area (Å²) in [4.78, 5) is -0.241. The van der Waals surface area contributed by atoms with Crippen LogP contribution in [0.25, 0.3) is 0 Å². The SMILES string of the molecule is CCCCCCC(C)(C)SC1(COCC2(SC(C)(C)CCCCCC)CO2)CO1. The van der Waals surface area contributed by atoms with Gasteiger partial charge in [0.2, 0.25) is 0 Å². The molecule has 0 N–H and O–H groups in total. The molecular formula is C24H46O3S2. The third-order valence-electron chi connectivity index (χ3n) is 5.77. The van der Waals surface area contributed by atoms with Gasteiger partial charge in [0.05, 0.1) is 26.4 Å². The highest BCUT2D eigenvalue weighted by Crippen LogP contribution is 2.51. The monoisotopic (exact) mass is 446 g/mol. The van der Waals surface area contributed by atoms with Crippen molar-refractivity contribution in [2.24, 2.45) is 0 Å². The summed E-state index contributed by atoms with van der Waals surface area (Å²) in [5.41, 5.74) is 0. The number of rotatable bonds is 18. The van der Waals surface area contributed by atoms with Gasteiger partial charge in [0, 0.05) is 9.49 Å². The zero-order chi connectivity index (χ0) is 21.4. The molecule has 2 aliphatic heterocycles. The summed E-state index contributed by atoms with van der Waals surface area (Å²) in [6.07, 6.45) is 13.1. The molecule has 0 aliphatic carbocycles. The van der Waals surface area contributed by atoms with Crippen molar-refractivity contribution in [3.63, 3.8) is 0 Å². The van der Waals surface area contributed by atoms with Crippen molar-refractivity contribution in [2.75, 3.05) is 26.4 Å². The van der Waals surface area contributed by atoms with E-state index in [1.54, 1.807) is 0 Å². The van der Waals surface area contributed by atoms with E-state index in [1.165, 1.54) is 64.2 Å². The molecule has 2 fully saturated rings. The van der Waals surface area contributed by atoms with E-state index < -0.39 is 0 Å². The molecule has 0 amide bonds. The molecular weight excluding hydrogens is 400 g/mol. The van der Waals surface area contributed by atoms with Crippen LogP contribution in [0.2, 0.25) is 0 Å². The van der Waals surface area contributed by atoms with Crippen molar-refractivity contribution in [3.05, 3.63) is 0 Å². The predicted octanol–water partition coefficient (Wildman–Crippen LogP) is 7.42. The first-order valence-corrected chi connectivity index (χ1v) is 13.5. The van der Waals surface area contributed by atoms with Gasteiger partial charge in [-0.2, -0.15) is 0 Å². The maximum absolute atomic E-state index is 6.17. The van der Waals surface area contributed by atoms with Crippen LogP contribution in [0, 0.1) is 0 Å². The minimum atomic E-state index is -0.120. The summed E-state index contributed by atoms with van der Waals surface area (Å²) in [7, 11) is 0. The summed E-state index contributed by atoms with van der Waals surface area (Å²) >= 11 is 3.96. The van der Waals surface area contributed by atoms with Gasteiger partial charge in [-0.1, -0.05) is 92.9 Å². The maximum atomic E-state index is 6.17. The van der Waals surface area contributed by atoms with Gasteiger partial charge >= 0.3 is 0 Å². The normalized spacial score (nSPS) is 26.7. The first-order valence-electron chi connectivity index (χ1n) is 11.9. The van der Waals surface area contributed by atoms with Crippen LogP contribution in [-0.4, -0.2) is 45.8 Å². The van der Waals surface area contributed by atoms with Gasteiger partial charge in [-0.25, -0.2) is 0 Å². The van der Waals surface area contributed by atoms with Crippen LogP contribution >= 0.6 is 23.5 Å². The Morgan fingerprint density at radius 3 is 1.38 bits per heavy atom. The Morgan fingerprint density at radius 1 is 0.690 bits per heavy atom. The van der Waals surface area contributed by atoms with Crippen LogP contribution in [0.3, 0.4) is 0 Å². The molecule has 5 heteroatoms. The lowest BCUT2D eigenvalue weighted by molar-refractivity contribution is 0.0857. The molecule has 0 aromatic rings. The zero-order valence-electron chi connectivity index (χ0n) is 19.9. The average molecular weight is 447 g/mol. The summed E-state index contributed by atoms with van der Waals surface area (Å²) in [6.45, 7) is 17.0. The van der Waals surface area contributed by atoms with Crippen LogP contribution in [0.4, 0.5) is 0 Å². The first-order chi connectivity index (χ1) is 13.7. The van der Waals surface area contributed by atoms with Crippen LogP contribution in [0.15, 0.2) is 0 Å². The van der Waals surface area contributed by atoms with E-state index in [9.17, 15) is 0 Å². The Kier molecular flexibility index (Phi) is 10.2. The molecule has 2 rings (SSSR count). The molecule has 0 spiro atoms. The van der Waals surface area contributed by atoms with Gasteiger partial charge in [0.15, 0.2) is 9.87 Å². The Balaban J connectivity index is 1.67. The van der Waals surface area contributed by atoms with E-state index in [-0.39, 0.29) is 19.4 Å². The topological polar surface area (TPSA) is 34.3 Å². The van der Waals surface area contributed by atoms with Crippen molar-refractivity contribution in [3.8, 4) is 0 Å². The molecule has 0 aromatic carbocycles. The van der Waals surface area contributed by atoms with Crippen LogP contribution in [0.1, 0.15) is 106 Å². The second-order valence-electron chi connectivity index (χ2n) is 10.2. The number of hydrogen-bond donors (Lipinski definition) is 0. The molecule has 0 radical (unpaired) electrons. The third kappa shape index (κ3) is 10.2. The first kappa shape index (κ1) is 25.8. The van der Waals surface area contributed by atoms with E-state index in [1.807, 2.05) is 23.5 Å². The minimum Gasteiger partial charge on any atom is -0.373 e. The lowest BCUT2D eigenvalue weighted by Crippen LogP contribution is -2.29. The smallest absolute Gasteiger partial charge is 0.160 e. The van der Waals surface area contributed by atoms with Gasteiger partial charge in [-0.05, 0) is 12.8 Å². The number of ether oxygens (including phenoxy) is 3. The molecule has 0 saturated carbocycles. The van der Waals surface area contributed by atoms with Gasteiger partial charge in [0.1, 0.15) is 0 Å². The fourth-order valence-electron chi connectivity index (χ4n) is 3.93. The van der Waals surface area contributed by atoms with Crippen molar-refractivity contribution in [2.45, 2.75) is 125 Å². The molecule has 172 valence electrons. The fourth-order valence-corrected chi connectivity index (χ4v) is 7.08. The summed E-state index contributed by atoms with van der Waals surface area (Å²) < 4.78 is 18.4. The van der Waals surface area contributed by atoms with Gasteiger partial charge in [-0.3, -0.25) is 0 Å². The fraction of sp³-hybridized carbons (Fsp3) is 1.00. The molecule has 2 unspecified atom stereocenters. The van der Waals surface area contributed by atoms with Crippen LogP contribution in [0.5, 0.6) is 0 Å².